The number of nitrogens with zero attached hydrogens (tertiary/aromatic N) is 5. The second-order valence-corrected chi connectivity index (χ2v) is 7.38. The van der Waals surface area contributed by atoms with Gasteiger partial charge in [-0.3, -0.25) is 4.90 Å². The third-order valence-electron chi connectivity index (χ3n) is 5.56. The monoisotopic (exact) mass is 369 g/mol. The first-order valence-corrected chi connectivity index (χ1v) is 9.68. The summed E-state index contributed by atoms with van der Waals surface area (Å²) in [5.74, 6) is 0. The molecule has 2 aromatic heterocycles. The first-order valence-electron chi connectivity index (χ1n) is 9.68. The fraction of sp³-hybridized carbons (Fsp3) is 0.217. The smallest absolute Gasteiger partial charge is 0.0945 e. The van der Waals surface area contributed by atoms with Crippen molar-refractivity contribution >= 4 is 16.3 Å². The van der Waals surface area contributed by atoms with E-state index in [0.29, 0.717) is 0 Å². The van der Waals surface area contributed by atoms with E-state index >= 15 is 0 Å². The van der Waals surface area contributed by atoms with E-state index in [-0.39, 0.29) is 0 Å². The summed E-state index contributed by atoms with van der Waals surface area (Å²) in [5, 5.41) is 7.11. The molecule has 140 valence electrons. The lowest BCUT2D eigenvalue weighted by Gasteiger charge is -2.25. The van der Waals surface area contributed by atoms with Crippen molar-refractivity contribution in [1.82, 2.24) is 24.2 Å². The zero-order valence-electron chi connectivity index (χ0n) is 16.0. The van der Waals surface area contributed by atoms with Crippen molar-refractivity contribution in [2.24, 2.45) is 7.05 Å². The molecule has 1 aliphatic heterocycles. The summed E-state index contributed by atoms with van der Waals surface area (Å²) in [6, 6.07) is 14.8. The quantitative estimate of drug-likeness (QED) is 0.545. The molecule has 0 bridgehead atoms. The Balaban J connectivity index is 1.36. The second-order valence-electron chi connectivity index (χ2n) is 7.38. The van der Waals surface area contributed by atoms with E-state index in [1.54, 1.807) is 0 Å². The summed E-state index contributed by atoms with van der Waals surface area (Å²) in [6.45, 7) is 2.95. The van der Waals surface area contributed by atoms with Crippen LogP contribution in [0.15, 0.2) is 73.5 Å². The molecular weight excluding hydrogens is 346 g/mol. The van der Waals surface area contributed by atoms with Gasteiger partial charge in [-0.1, -0.05) is 42.5 Å². The molecule has 28 heavy (non-hydrogen) atoms. The van der Waals surface area contributed by atoms with Gasteiger partial charge in [0.05, 0.1) is 23.9 Å². The fourth-order valence-corrected chi connectivity index (χ4v) is 3.91. The normalized spacial score (nSPS) is 15.1. The highest BCUT2D eigenvalue weighted by molar-refractivity contribution is 5.90. The van der Waals surface area contributed by atoms with Crippen LogP contribution in [0.25, 0.3) is 22.0 Å². The van der Waals surface area contributed by atoms with Gasteiger partial charge in [0.15, 0.2) is 0 Å². The Labute approximate surface area is 164 Å². The Bertz CT molecular complexity index is 1150. The third kappa shape index (κ3) is 3.14. The molecule has 4 aromatic rings. The largest absolute Gasteiger partial charge is 0.337 e. The van der Waals surface area contributed by atoms with Gasteiger partial charge in [-0.25, -0.2) is 9.67 Å². The highest BCUT2D eigenvalue weighted by atomic mass is 15.3. The topological polar surface area (TPSA) is 38.9 Å². The van der Waals surface area contributed by atoms with Gasteiger partial charge >= 0.3 is 0 Å². The number of rotatable bonds is 4. The van der Waals surface area contributed by atoms with Crippen molar-refractivity contribution in [3.05, 3.63) is 84.7 Å². The van der Waals surface area contributed by atoms with Crippen LogP contribution in [0.3, 0.4) is 0 Å². The minimum absolute atomic E-state index is 0.940. The van der Waals surface area contributed by atoms with Gasteiger partial charge in [-0.05, 0) is 23.4 Å². The van der Waals surface area contributed by atoms with Gasteiger partial charge in [0, 0.05) is 50.0 Å². The van der Waals surface area contributed by atoms with Crippen LogP contribution < -0.4 is 0 Å². The number of benzene rings is 2. The van der Waals surface area contributed by atoms with Crippen LogP contribution in [0.1, 0.15) is 17.7 Å². The Kier molecular flexibility index (Phi) is 4.29. The molecule has 0 saturated heterocycles. The molecule has 1 aliphatic rings. The molecule has 5 nitrogen and oxygen atoms in total. The van der Waals surface area contributed by atoms with Crippen LogP contribution in [-0.2, 0) is 13.6 Å². The maximum absolute atomic E-state index is 4.65. The number of aryl methyl sites for hydroxylation is 1. The Morgan fingerprint density at radius 2 is 1.93 bits per heavy atom. The van der Waals surface area contributed by atoms with Crippen LogP contribution in [-0.4, -0.2) is 37.3 Å². The van der Waals surface area contributed by atoms with Crippen molar-refractivity contribution in [2.75, 3.05) is 13.1 Å². The van der Waals surface area contributed by atoms with Gasteiger partial charge in [-0.15, -0.1) is 0 Å². The zero-order chi connectivity index (χ0) is 18.9. The predicted molar refractivity (Wildman–Crippen MR) is 112 cm³/mol. The van der Waals surface area contributed by atoms with E-state index < -0.39 is 0 Å². The molecule has 5 rings (SSSR count). The first kappa shape index (κ1) is 17.0. The zero-order valence-corrected chi connectivity index (χ0v) is 16.0. The second kappa shape index (κ2) is 7.09. The number of hydrogen-bond acceptors (Lipinski definition) is 3. The highest BCUT2D eigenvalue weighted by Gasteiger charge is 2.16. The number of aromatic nitrogens is 4. The van der Waals surface area contributed by atoms with E-state index in [1.165, 1.54) is 27.6 Å². The Morgan fingerprint density at radius 3 is 2.75 bits per heavy atom. The summed E-state index contributed by atoms with van der Waals surface area (Å²) in [4.78, 5) is 6.67. The molecule has 0 saturated carbocycles. The molecule has 0 aliphatic carbocycles. The van der Waals surface area contributed by atoms with Crippen LogP contribution in [0.5, 0.6) is 0 Å². The molecular formula is C23H23N5. The third-order valence-corrected chi connectivity index (χ3v) is 5.56. The average Bonchev–Trinajstić information content (AvgIpc) is 3.38. The van der Waals surface area contributed by atoms with Crippen LogP contribution >= 0.6 is 0 Å². The maximum Gasteiger partial charge on any atom is 0.0945 e. The van der Waals surface area contributed by atoms with Crippen LogP contribution in [0.4, 0.5) is 0 Å². The molecule has 3 heterocycles. The highest BCUT2D eigenvalue weighted by Crippen LogP contribution is 2.26. The standard InChI is InChI=1S/C23H23N5/c1-26-17-24-14-21(26)16-27-11-9-18(10-12-27)20-13-25-28(15-20)23-8-4-6-19-5-2-3-7-22(19)23/h2-9,13-15,17H,10-12,16H2,1H3. The van der Waals surface area contributed by atoms with E-state index in [1.807, 2.05) is 23.4 Å². The molecule has 0 N–H and O–H groups in total. The van der Waals surface area contributed by atoms with Gasteiger partial charge in [-0.2, -0.15) is 5.10 Å². The molecule has 0 amide bonds. The molecule has 0 atom stereocenters. The number of imidazole rings is 1. The molecule has 5 heteroatoms. The van der Waals surface area contributed by atoms with E-state index in [0.717, 1.165) is 31.7 Å². The molecule has 0 fully saturated rings. The van der Waals surface area contributed by atoms with Crippen molar-refractivity contribution in [1.29, 1.82) is 0 Å². The SMILES string of the molecule is Cn1cncc1CN1CC=C(c2cnn(-c3cccc4ccccc34)c2)CC1. The van der Waals surface area contributed by atoms with Crippen molar-refractivity contribution < 1.29 is 0 Å². The van der Waals surface area contributed by atoms with Gasteiger partial charge in [0.25, 0.3) is 0 Å². The average molecular weight is 369 g/mol. The number of fused-ring (bicyclic) bond motifs is 1. The predicted octanol–water partition coefficient (Wildman–Crippen LogP) is 4.05. The Hall–Kier alpha value is -3.18. The molecule has 0 spiro atoms. The first-order chi connectivity index (χ1) is 13.8. The van der Waals surface area contributed by atoms with Crippen molar-refractivity contribution in [2.45, 2.75) is 13.0 Å². The summed E-state index contributed by atoms with van der Waals surface area (Å²) in [7, 11) is 2.05. The van der Waals surface area contributed by atoms with Crippen molar-refractivity contribution in [3.8, 4) is 5.69 Å². The summed E-state index contributed by atoms with van der Waals surface area (Å²) in [5.41, 5.74) is 4.97. The van der Waals surface area contributed by atoms with E-state index in [9.17, 15) is 0 Å². The molecule has 0 unspecified atom stereocenters. The molecule has 2 aromatic carbocycles. The Morgan fingerprint density at radius 1 is 1.04 bits per heavy atom. The maximum atomic E-state index is 4.65. The van der Waals surface area contributed by atoms with Gasteiger partial charge in [0.2, 0.25) is 0 Å². The summed E-state index contributed by atoms with van der Waals surface area (Å²) in [6.07, 6.45) is 11.3. The summed E-state index contributed by atoms with van der Waals surface area (Å²) >= 11 is 0. The lowest BCUT2D eigenvalue weighted by molar-refractivity contribution is 0.287. The lowest BCUT2D eigenvalue weighted by Crippen LogP contribution is -2.28. The minimum atomic E-state index is 0.940. The fourth-order valence-electron chi connectivity index (χ4n) is 3.91. The molecule has 0 radical (unpaired) electrons. The van der Waals surface area contributed by atoms with Gasteiger partial charge in [0.1, 0.15) is 0 Å². The van der Waals surface area contributed by atoms with E-state index in [2.05, 4.69) is 81.3 Å². The van der Waals surface area contributed by atoms with Crippen LogP contribution in [0, 0.1) is 0 Å². The van der Waals surface area contributed by atoms with E-state index in [4.69, 9.17) is 0 Å². The lowest BCUT2D eigenvalue weighted by atomic mass is 10.0. The minimum Gasteiger partial charge on any atom is -0.337 e. The van der Waals surface area contributed by atoms with Crippen molar-refractivity contribution in [3.63, 3.8) is 0 Å². The number of hydrogen-bond donors (Lipinski definition) is 0. The van der Waals surface area contributed by atoms with Gasteiger partial charge < -0.3 is 4.57 Å². The van der Waals surface area contributed by atoms with Crippen LogP contribution in [0.2, 0.25) is 0 Å². The summed E-state index contributed by atoms with van der Waals surface area (Å²) < 4.78 is 4.09.